The summed E-state index contributed by atoms with van der Waals surface area (Å²) in [6.45, 7) is 1.68. The highest BCUT2D eigenvalue weighted by atomic mass is 79.9. The number of aromatic nitrogens is 2. The maximum Gasteiger partial charge on any atom is 0.263 e. The molecular weight excluding hydrogens is 344 g/mol. The van der Waals surface area contributed by atoms with Gasteiger partial charge < -0.3 is 0 Å². The molecule has 0 radical (unpaired) electrons. The molecular formula is C12H9BrN4O2S. The van der Waals surface area contributed by atoms with Crippen LogP contribution in [0, 0.1) is 18.3 Å². The zero-order valence-corrected chi connectivity index (χ0v) is 12.7. The van der Waals surface area contributed by atoms with Gasteiger partial charge >= 0.3 is 0 Å². The lowest BCUT2D eigenvalue weighted by Gasteiger charge is -2.08. The van der Waals surface area contributed by atoms with E-state index in [0.29, 0.717) is 15.7 Å². The van der Waals surface area contributed by atoms with Gasteiger partial charge in [-0.1, -0.05) is 0 Å². The van der Waals surface area contributed by atoms with Crippen LogP contribution in [-0.2, 0) is 10.0 Å². The first-order valence-corrected chi connectivity index (χ1v) is 7.71. The van der Waals surface area contributed by atoms with Crippen molar-refractivity contribution in [3.8, 4) is 6.07 Å². The van der Waals surface area contributed by atoms with Crippen LogP contribution in [-0.4, -0.2) is 18.4 Å². The van der Waals surface area contributed by atoms with Gasteiger partial charge in [0.05, 0.1) is 28.9 Å². The van der Waals surface area contributed by atoms with E-state index in [9.17, 15) is 8.42 Å². The zero-order valence-electron chi connectivity index (χ0n) is 10.3. The van der Waals surface area contributed by atoms with Gasteiger partial charge in [-0.2, -0.15) is 5.26 Å². The summed E-state index contributed by atoms with van der Waals surface area (Å²) in [5, 5.41) is 8.84. The van der Waals surface area contributed by atoms with Crippen LogP contribution in [0.25, 0.3) is 0 Å². The molecule has 0 atom stereocenters. The first-order valence-electron chi connectivity index (χ1n) is 5.43. The summed E-state index contributed by atoms with van der Waals surface area (Å²) < 4.78 is 27.2. The Morgan fingerprint density at radius 2 is 2.05 bits per heavy atom. The fraction of sp³-hybridized carbons (Fsp3) is 0.0833. The van der Waals surface area contributed by atoms with Crippen molar-refractivity contribution < 1.29 is 8.42 Å². The zero-order chi connectivity index (χ0) is 14.8. The van der Waals surface area contributed by atoms with Crippen LogP contribution in [0.4, 0.5) is 5.82 Å². The van der Waals surface area contributed by atoms with Crippen molar-refractivity contribution in [1.82, 2.24) is 9.97 Å². The first-order chi connectivity index (χ1) is 9.42. The molecule has 6 nitrogen and oxygen atoms in total. The van der Waals surface area contributed by atoms with Gasteiger partial charge in [-0.25, -0.2) is 18.4 Å². The van der Waals surface area contributed by atoms with Gasteiger partial charge in [0, 0.05) is 0 Å². The maximum absolute atomic E-state index is 12.2. The number of halogens is 1. The number of hydrogen-bond donors (Lipinski definition) is 1. The van der Waals surface area contributed by atoms with E-state index in [1.807, 2.05) is 6.07 Å². The molecule has 1 aromatic carbocycles. The number of aryl methyl sites for hydroxylation is 1. The van der Waals surface area contributed by atoms with Crippen molar-refractivity contribution >= 4 is 31.8 Å². The second-order valence-electron chi connectivity index (χ2n) is 3.92. The second kappa shape index (κ2) is 5.56. The summed E-state index contributed by atoms with van der Waals surface area (Å²) in [4.78, 5) is 7.85. The quantitative estimate of drug-likeness (QED) is 0.913. The Labute approximate surface area is 124 Å². The van der Waals surface area contributed by atoms with Crippen LogP contribution in [0.15, 0.2) is 40.1 Å². The van der Waals surface area contributed by atoms with E-state index in [1.54, 1.807) is 6.92 Å². The van der Waals surface area contributed by atoms with E-state index in [2.05, 4.69) is 30.6 Å². The van der Waals surface area contributed by atoms with E-state index in [4.69, 9.17) is 5.26 Å². The summed E-state index contributed by atoms with van der Waals surface area (Å²) in [7, 11) is -3.75. The number of anilines is 1. The van der Waals surface area contributed by atoms with Crippen molar-refractivity contribution in [2.24, 2.45) is 0 Å². The fourth-order valence-corrected chi connectivity index (χ4v) is 2.77. The molecule has 0 aliphatic heterocycles. The molecule has 0 amide bonds. The van der Waals surface area contributed by atoms with E-state index in [0.717, 1.165) is 0 Å². The third-order valence-corrected chi connectivity index (χ3v) is 4.25. The van der Waals surface area contributed by atoms with Crippen molar-refractivity contribution in [2.45, 2.75) is 11.8 Å². The van der Waals surface area contributed by atoms with E-state index in [1.165, 1.54) is 30.6 Å². The molecule has 0 bridgehead atoms. The SMILES string of the molecule is Cc1cc(S(=O)(=O)Nc2cnc(Br)cn2)ccc1C#N. The monoisotopic (exact) mass is 352 g/mol. The molecule has 0 unspecified atom stereocenters. The lowest BCUT2D eigenvalue weighted by Crippen LogP contribution is -2.14. The number of rotatable bonds is 3. The minimum Gasteiger partial charge on any atom is -0.262 e. The van der Waals surface area contributed by atoms with Gasteiger partial charge in [-0.3, -0.25) is 4.72 Å². The van der Waals surface area contributed by atoms with Crippen LogP contribution in [0.1, 0.15) is 11.1 Å². The van der Waals surface area contributed by atoms with Crippen LogP contribution in [0.5, 0.6) is 0 Å². The number of nitriles is 1. The van der Waals surface area contributed by atoms with Crippen LogP contribution >= 0.6 is 15.9 Å². The molecule has 0 aliphatic rings. The Bertz CT molecular complexity index is 782. The second-order valence-corrected chi connectivity index (χ2v) is 6.41. The van der Waals surface area contributed by atoms with Crippen LogP contribution in [0.2, 0.25) is 0 Å². The number of sulfonamides is 1. The lowest BCUT2D eigenvalue weighted by atomic mass is 10.1. The molecule has 0 aliphatic carbocycles. The normalized spacial score (nSPS) is 10.8. The van der Waals surface area contributed by atoms with Gasteiger partial charge in [0.1, 0.15) is 4.60 Å². The fourth-order valence-electron chi connectivity index (χ4n) is 1.49. The van der Waals surface area contributed by atoms with Crippen molar-refractivity contribution in [3.63, 3.8) is 0 Å². The Hall–Kier alpha value is -1.98. The minimum atomic E-state index is -3.75. The third-order valence-electron chi connectivity index (χ3n) is 2.49. The molecule has 0 spiro atoms. The highest BCUT2D eigenvalue weighted by molar-refractivity contribution is 9.10. The maximum atomic E-state index is 12.2. The standard InChI is InChI=1S/C12H9BrN4O2S/c1-8-4-10(3-2-9(8)5-14)20(18,19)17-12-7-15-11(13)6-16-12/h2-4,6-7H,1H3,(H,16,17). The van der Waals surface area contributed by atoms with Gasteiger partial charge in [-0.05, 0) is 46.6 Å². The molecule has 102 valence electrons. The number of nitrogens with zero attached hydrogens (tertiary/aromatic N) is 3. The summed E-state index contributed by atoms with van der Waals surface area (Å²) in [5.41, 5.74) is 1.03. The van der Waals surface area contributed by atoms with E-state index >= 15 is 0 Å². The Morgan fingerprint density at radius 1 is 1.30 bits per heavy atom. The number of nitrogens with one attached hydrogen (secondary N) is 1. The first kappa shape index (κ1) is 14.4. The average molecular weight is 353 g/mol. The molecule has 8 heteroatoms. The largest absolute Gasteiger partial charge is 0.263 e. The minimum absolute atomic E-state index is 0.0683. The predicted molar refractivity (Wildman–Crippen MR) is 76.4 cm³/mol. The van der Waals surface area contributed by atoms with Gasteiger partial charge in [0.2, 0.25) is 0 Å². The number of hydrogen-bond acceptors (Lipinski definition) is 5. The molecule has 0 saturated heterocycles. The molecule has 1 heterocycles. The summed E-state index contributed by atoms with van der Waals surface area (Å²) >= 11 is 3.11. The van der Waals surface area contributed by atoms with Gasteiger partial charge in [0.15, 0.2) is 5.82 Å². The lowest BCUT2D eigenvalue weighted by molar-refractivity contribution is 0.601. The average Bonchev–Trinajstić information content (AvgIpc) is 2.41. The number of benzene rings is 1. The van der Waals surface area contributed by atoms with Crippen LogP contribution < -0.4 is 4.72 Å². The van der Waals surface area contributed by atoms with Gasteiger partial charge in [-0.15, -0.1) is 0 Å². The van der Waals surface area contributed by atoms with Crippen molar-refractivity contribution in [3.05, 3.63) is 46.3 Å². The highest BCUT2D eigenvalue weighted by Crippen LogP contribution is 2.18. The molecule has 1 N–H and O–H groups in total. The van der Waals surface area contributed by atoms with Gasteiger partial charge in [0.25, 0.3) is 10.0 Å². The molecule has 0 saturated carbocycles. The predicted octanol–water partition coefficient (Wildman–Crippen LogP) is 2.22. The molecule has 0 fully saturated rings. The molecule has 2 rings (SSSR count). The van der Waals surface area contributed by atoms with E-state index < -0.39 is 10.0 Å². The highest BCUT2D eigenvalue weighted by Gasteiger charge is 2.16. The summed E-state index contributed by atoms with van der Waals surface area (Å²) in [6.07, 6.45) is 2.69. The topological polar surface area (TPSA) is 95.7 Å². The molecule has 20 heavy (non-hydrogen) atoms. The Kier molecular flexibility index (Phi) is 4.01. The summed E-state index contributed by atoms with van der Waals surface area (Å²) in [6, 6.07) is 6.27. The molecule has 2 aromatic rings. The van der Waals surface area contributed by atoms with E-state index in [-0.39, 0.29) is 10.7 Å². The Morgan fingerprint density at radius 3 is 2.60 bits per heavy atom. The smallest absolute Gasteiger partial charge is 0.262 e. The van der Waals surface area contributed by atoms with Crippen molar-refractivity contribution in [1.29, 1.82) is 5.26 Å². The third kappa shape index (κ3) is 3.12. The molecule has 1 aromatic heterocycles. The van der Waals surface area contributed by atoms with Crippen molar-refractivity contribution in [2.75, 3.05) is 4.72 Å². The van der Waals surface area contributed by atoms with Crippen LogP contribution in [0.3, 0.4) is 0 Å². The Balaban J connectivity index is 2.33. The summed E-state index contributed by atoms with van der Waals surface area (Å²) in [5.74, 6) is 0.121.